The fourth-order valence-electron chi connectivity index (χ4n) is 1.72. The standard InChI is InChI=1S/C12H14ClF3N2O2S/c13-11-4-3-9(7-10(11)12(14,15)16)18-21(19,20)6-5-17-8-1-2-8/h3-4,7-8,17-18H,1-2,5-6H2. The third-order valence-electron chi connectivity index (χ3n) is 2.93. The maximum Gasteiger partial charge on any atom is 0.417 e. The molecule has 0 unspecified atom stereocenters. The summed E-state index contributed by atoms with van der Waals surface area (Å²) in [5.74, 6) is -0.201. The summed E-state index contributed by atoms with van der Waals surface area (Å²) in [5.41, 5.74) is -1.22. The highest BCUT2D eigenvalue weighted by Gasteiger charge is 2.33. The topological polar surface area (TPSA) is 58.2 Å². The number of halogens is 4. The van der Waals surface area contributed by atoms with Crippen LogP contribution < -0.4 is 10.0 Å². The summed E-state index contributed by atoms with van der Waals surface area (Å²) in [5, 5.41) is 2.55. The van der Waals surface area contributed by atoms with Gasteiger partial charge in [-0.05, 0) is 31.0 Å². The summed E-state index contributed by atoms with van der Waals surface area (Å²) in [6, 6.07) is 3.27. The molecule has 0 aromatic heterocycles. The minimum Gasteiger partial charge on any atom is -0.313 e. The van der Waals surface area contributed by atoms with Gasteiger partial charge in [-0.2, -0.15) is 13.2 Å². The molecule has 1 aromatic rings. The molecule has 1 aliphatic carbocycles. The van der Waals surface area contributed by atoms with Gasteiger partial charge in [0.15, 0.2) is 0 Å². The third-order valence-corrected chi connectivity index (χ3v) is 4.54. The molecule has 21 heavy (non-hydrogen) atoms. The van der Waals surface area contributed by atoms with E-state index in [0.29, 0.717) is 12.1 Å². The van der Waals surface area contributed by atoms with Crippen molar-refractivity contribution in [1.29, 1.82) is 0 Å². The lowest BCUT2D eigenvalue weighted by atomic mass is 10.2. The highest BCUT2D eigenvalue weighted by Crippen LogP contribution is 2.36. The summed E-state index contributed by atoms with van der Waals surface area (Å²) in [6.45, 7) is 0.264. The first kappa shape index (κ1) is 16.4. The molecule has 1 aromatic carbocycles. The Hall–Kier alpha value is -0.990. The van der Waals surface area contributed by atoms with E-state index < -0.39 is 26.8 Å². The Labute approximate surface area is 125 Å². The van der Waals surface area contributed by atoms with Crippen LogP contribution in [0, 0.1) is 0 Å². The van der Waals surface area contributed by atoms with Crippen molar-refractivity contribution in [3.05, 3.63) is 28.8 Å². The smallest absolute Gasteiger partial charge is 0.313 e. The van der Waals surface area contributed by atoms with Crippen molar-refractivity contribution >= 4 is 27.3 Å². The van der Waals surface area contributed by atoms with Crippen LogP contribution in [0.25, 0.3) is 0 Å². The maximum absolute atomic E-state index is 12.7. The van der Waals surface area contributed by atoms with Crippen molar-refractivity contribution in [3.63, 3.8) is 0 Å². The molecule has 1 aliphatic rings. The Morgan fingerprint density at radius 2 is 1.95 bits per heavy atom. The van der Waals surface area contributed by atoms with Gasteiger partial charge in [-0.1, -0.05) is 11.6 Å². The van der Waals surface area contributed by atoms with Crippen LogP contribution in [-0.4, -0.2) is 26.8 Å². The van der Waals surface area contributed by atoms with E-state index in [1.165, 1.54) is 6.07 Å². The van der Waals surface area contributed by atoms with Gasteiger partial charge in [-0.25, -0.2) is 8.42 Å². The molecule has 0 heterocycles. The molecule has 0 amide bonds. The molecule has 1 fully saturated rings. The molecule has 0 radical (unpaired) electrons. The van der Waals surface area contributed by atoms with E-state index in [-0.39, 0.29) is 18.0 Å². The lowest BCUT2D eigenvalue weighted by Crippen LogP contribution is -2.28. The van der Waals surface area contributed by atoms with Gasteiger partial charge in [0.25, 0.3) is 0 Å². The Bertz CT molecular complexity index is 615. The predicted molar refractivity (Wildman–Crippen MR) is 74.9 cm³/mol. The number of hydrogen-bond donors (Lipinski definition) is 2. The summed E-state index contributed by atoms with van der Waals surface area (Å²) in [6.07, 6.45) is -2.58. The van der Waals surface area contributed by atoms with Gasteiger partial charge in [0.2, 0.25) is 10.0 Å². The molecule has 0 saturated heterocycles. The second-order valence-corrected chi connectivity index (χ2v) is 7.09. The quantitative estimate of drug-likeness (QED) is 0.835. The van der Waals surface area contributed by atoms with E-state index in [2.05, 4.69) is 10.0 Å². The largest absolute Gasteiger partial charge is 0.417 e. The number of anilines is 1. The van der Waals surface area contributed by atoms with Crippen molar-refractivity contribution < 1.29 is 21.6 Å². The van der Waals surface area contributed by atoms with Crippen LogP contribution in [0.3, 0.4) is 0 Å². The summed E-state index contributed by atoms with van der Waals surface area (Å²) in [7, 11) is -3.70. The molecule has 9 heteroatoms. The second kappa shape index (κ2) is 6.02. The Morgan fingerprint density at radius 3 is 2.52 bits per heavy atom. The first-order chi connectivity index (χ1) is 9.67. The van der Waals surface area contributed by atoms with Crippen LogP contribution >= 0.6 is 11.6 Å². The average molecular weight is 343 g/mol. The second-order valence-electron chi connectivity index (χ2n) is 4.84. The van der Waals surface area contributed by atoms with E-state index in [1.54, 1.807) is 0 Å². The van der Waals surface area contributed by atoms with Crippen LogP contribution in [0.4, 0.5) is 18.9 Å². The number of sulfonamides is 1. The lowest BCUT2D eigenvalue weighted by Gasteiger charge is -2.13. The summed E-state index contributed by atoms with van der Waals surface area (Å²) >= 11 is 5.47. The zero-order chi connectivity index (χ0) is 15.7. The SMILES string of the molecule is O=S(=O)(CCNC1CC1)Nc1ccc(Cl)c(C(F)(F)F)c1. The van der Waals surface area contributed by atoms with Crippen LogP contribution in [0.15, 0.2) is 18.2 Å². The number of rotatable bonds is 6. The van der Waals surface area contributed by atoms with Gasteiger partial charge in [0.1, 0.15) is 0 Å². The van der Waals surface area contributed by atoms with E-state index in [9.17, 15) is 21.6 Å². The molecule has 2 N–H and O–H groups in total. The van der Waals surface area contributed by atoms with Crippen molar-refractivity contribution in [1.82, 2.24) is 5.32 Å². The van der Waals surface area contributed by atoms with E-state index in [4.69, 9.17) is 11.6 Å². The Morgan fingerprint density at radius 1 is 1.29 bits per heavy atom. The molecular weight excluding hydrogens is 329 g/mol. The van der Waals surface area contributed by atoms with E-state index in [1.807, 2.05) is 0 Å². The summed E-state index contributed by atoms with van der Waals surface area (Å²) in [4.78, 5) is 0. The monoisotopic (exact) mass is 342 g/mol. The Balaban J connectivity index is 2.04. The van der Waals surface area contributed by atoms with Crippen LogP contribution in [0.1, 0.15) is 18.4 Å². The highest BCUT2D eigenvalue weighted by molar-refractivity contribution is 7.92. The van der Waals surface area contributed by atoms with Gasteiger partial charge in [0.05, 0.1) is 16.3 Å². The van der Waals surface area contributed by atoms with Crippen molar-refractivity contribution in [2.24, 2.45) is 0 Å². The third kappa shape index (κ3) is 5.05. The van der Waals surface area contributed by atoms with Gasteiger partial charge in [-0.15, -0.1) is 0 Å². The number of nitrogens with one attached hydrogen (secondary N) is 2. The fourth-order valence-corrected chi connectivity index (χ4v) is 2.92. The van der Waals surface area contributed by atoms with Crippen LogP contribution in [0.5, 0.6) is 0 Å². The number of benzene rings is 1. The van der Waals surface area contributed by atoms with Gasteiger partial charge < -0.3 is 5.32 Å². The number of hydrogen-bond acceptors (Lipinski definition) is 3. The van der Waals surface area contributed by atoms with E-state index >= 15 is 0 Å². The average Bonchev–Trinajstić information content (AvgIpc) is 3.13. The zero-order valence-corrected chi connectivity index (χ0v) is 12.4. The number of alkyl halides is 3. The van der Waals surface area contributed by atoms with Gasteiger partial charge in [0, 0.05) is 18.3 Å². The minimum atomic E-state index is -4.63. The van der Waals surface area contributed by atoms with Gasteiger partial charge >= 0.3 is 6.18 Å². The minimum absolute atomic E-state index is 0.154. The van der Waals surface area contributed by atoms with Crippen LogP contribution in [0.2, 0.25) is 5.02 Å². The Kier molecular flexibility index (Phi) is 4.69. The highest BCUT2D eigenvalue weighted by atomic mass is 35.5. The predicted octanol–water partition coefficient (Wildman–Crippen LogP) is 2.85. The first-order valence-corrected chi connectivity index (χ1v) is 8.31. The van der Waals surface area contributed by atoms with E-state index in [0.717, 1.165) is 18.9 Å². The molecule has 118 valence electrons. The van der Waals surface area contributed by atoms with Crippen LogP contribution in [-0.2, 0) is 16.2 Å². The van der Waals surface area contributed by atoms with Crippen molar-refractivity contribution in [2.75, 3.05) is 17.0 Å². The van der Waals surface area contributed by atoms with Crippen molar-refractivity contribution in [3.8, 4) is 0 Å². The molecule has 4 nitrogen and oxygen atoms in total. The molecule has 0 aliphatic heterocycles. The zero-order valence-electron chi connectivity index (χ0n) is 10.9. The molecule has 0 atom stereocenters. The molecule has 1 saturated carbocycles. The lowest BCUT2D eigenvalue weighted by molar-refractivity contribution is -0.137. The molecule has 2 rings (SSSR count). The normalized spacial score (nSPS) is 16.0. The fraction of sp³-hybridized carbons (Fsp3) is 0.500. The molecule has 0 bridgehead atoms. The molecule has 0 spiro atoms. The van der Waals surface area contributed by atoms with Crippen molar-refractivity contribution in [2.45, 2.75) is 25.1 Å². The summed E-state index contributed by atoms with van der Waals surface area (Å²) < 4.78 is 63.8. The first-order valence-electron chi connectivity index (χ1n) is 6.28. The van der Waals surface area contributed by atoms with Gasteiger partial charge in [-0.3, -0.25) is 4.72 Å². The maximum atomic E-state index is 12.7. The molecular formula is C12H14ClF3N2O2S.